The first kappa shape index (κ1) is 109. The molecule has 594 valence electrons. The Kier molecular flexibility index (Phi) is 60.8. The van der Waals surface area contributed by atoms with Gasteiger partial charge in [0.2, 0.25) is 0 Å². The fourth-order valence-corrected chi connectivity index (χ4v) is 13.0. The minimum absolute atomic E-state index is 0. The second kappa shape index (κ2) is 54.0. The molecule has 16 unspecified atom stereocenters. The van der Waals surface area contributed by atoms with Crippen molar-refractivity contribution in [3.05, 3.63) is 0 Å². The van der Waals surface area contributed by atoms with E-state index in [1.807, 2.05) is 0 Å². The third-order valence-electron chi connectivity index (χ3n) is 8.76. The van der Waals surface area contributed by atoms with Gasteiger partial charge < -0.3 is 169 Å². The van der Waals surface area contributed by atoms with E-state index in [9.17, 15) is 109 Å². The summed E-state index contributed by atoms with van der Waals surface area (Å²) in [6.07, 6.45) is -5.06. The van der Waals surface area contributed by atoms with Crippen molar-refractivity contribution in [1.82, 2.24) is 0 Å². The molecule has 0 spiro atoms. The zero-order valence-corrected chi connectivity index (χ0v) is 62.1. The highest BCUT2D eigenvalue weighted by atomic mass is 31.2. The number of aliphatic hydroxyl groups excluding tert-OH is 1. The van der Waals surface area contributed by atoms with E-state index in [1.165, 1.54) is 34.6 Å². The van der Waals surface area contributed by atoms with Crippen LogP contribution in [-0.2, 0) is 145 Å². The first-order valence-electron chi connectivity index (χ1n) is 26.4. The van der Waals surface area contributed by atoms with E-state index in [0.717, 1.165) is 0 Å². The lowest BCUT2D eigenvalue weighted by Gasteiger charge is -2.30. The Hall–Kier alpha value is 1.28. The van der Waals surface area contributed by atoms with E-state index >= 15 is 0 Å². The second-order valence-electron chi connectivity index (χ2n) is 16.4. The van der Waals surface area contributed by atoms with Crippen LogP contribution in [0.3, 0.4) is 0 Å². The van der Waals surface area contributed by atoms with Gasteiger partial charge in [0.15, 0.2) is 0 Å². The number of hydrogen-bond acceptors (Lipinski definition) is 44. The quantitative estimate of drug-likeness (QED) is 0.0305. The molecule has 97 heavy (non-hydrogen) atoms. The summed E-state index contributed by atoms with van der Waals surface area (Å²) in [6.45, 7) is 0.821. The van der Waals surface area contributed by atoms with Gasteiger partial charge in [-0.15, -0.1) is 0 Å². The third-order valence-corrected chi connectivity index (χ3v) is 19.2. The average molecular weight is 1670 g/mol. The molecule has 0 saturated heterocycles. The molecule has 0 aliphatic heterocycles. The molecule has 0 amide bonds. The minimum atomic E-state index is -5.18. The predicted octanol–water partition coefficient (Wildman–Crippen LogP) is -1.28. The summed E-state index contributed by atoms with van der Waals surface area (Å²) in [7, 11) is -58.7. The van der Waals surface area contributed by atoms with Gasteiger partial charge in [0, 0.05) is 0 Å². The Morgan fingerprint density at radius 2 is 0.433 bits per heavy atom. The third kappa shape index (κ3) is 72.6. The maximum absolute atomic E-state index is 11.9. The summed E-state index contributed by atoms with van der Waals surface area (Å²) in [6, 6.07) is 0. The lowest BCUT2D eigenvalue weighted by molar-refractivity contribution is -0.240. The van der Waals surface area contributed by atoms with Gasteiger partial charge >= 0.3 is 7.82 Å². The zero-order chi connectivity index (χ0) is 74.9. The fraction of sp³-hybridized carbons (Fsp3) is 1.00. The molecule has 0 aromatic rings. The highest BCUT2D eigenvalue weighted by molar-refractivity contribution is 7.48. The van der Waals surface area contributed by atoms with Crippen molar-refractivity contribution >= 4 is 93.9 Å². The van der Waals surface area contributed by atoms with Crippen LogP contribution in [-0.4, -0.2) is 166 Å². The van der Waals surface area contributed by atoms with Crippen LogP contribution in [0.1, 0.15) is 102 Å². The van der Waals surface area contributed by atoms with Gasteiger partial charge in [-0.3, -0.25) is 54.7 Å². The molecule has 0 rings (SSSR count). The molecule has 0 saturated carbocycles. The number of rotatable bonds is 54. The van der Waals surface area contributed by atoms with Crippen molar-refractivity contribution < 1.29 is 229 Å². The summed E-state index contributed by atoms with van der Waals surface area (Å²) in [4.78, 5) is 165. The Balaban J connectivity index is -0.000000377. The molecule has 16 atom stereocenters. The van der Waals surface area contributed by atoms with E-state index < -0.39 is 210 Å². The monoisotopic (exact) mass is 1670 g/mol. The van der Waals surface area contributed by atoms with Crippen LogP contribution in [0, 0.1) is 0 Å². The molecule has 0 aromatic carbocycles. The predicted molar refractivity (Wildman–Crippen MR) is 305 cm³/mol. The van der Waals surface area contributed by atoms with Crippen LogP contribution in [0.2, 0.25) is 0 Å². The van der Waals surface area contributed by atoms with Crippen molar-refractivity contribution in [2.24, 2.45) is 0 Å². The second-order valence-corrected chi connectivity index (χ2v) is 32.3. The summed E-state index contributed by atoms with van der Waals surface area (Å²) < 4.78 is 220. The lowest BCUT2D eigenvalue weighted by atomic mass is 10.3. The van der Waals surface area contributed by atoms with Crippen molar-refractivity contribution in [3.8, 4) is 0 Å². The first-order chi connectivity index (χ1) is 43.1. The smallest absolute Gasteiger partial charge is 0.469 e. The molecule has 49 nitrogen and oxygen atoms in total. The average Bonchev–Trinajstić information content (AvgIpc) is 1.96. The van der Waals surface area contributed by atoms with E-state index in [2.05, 4.69) is 90.5 Å². The van der Waals surface area contributed by atoms with Crippen LogP contribution in [0.15, 0.2) is 0 Å². The van der Waals surface area contributed by atoms with Gasteiger partial charge in [0.1, 0.15) is 0 Å². The number of hydrogen-bond donors (Lipinski definition) is 6. The lowest BCUT2D eigenvalue weighted by Crippen LogP contribution is -2.24. The minimum Gasteiger partial charge on any atom is -0.756 e. The molecule has 0 aliphatic carbocycles. The van der Waals surface area contributed by atoms with E-state index in [1.54, 1.807) is 20.8 Å². The first-order valence-corrected chi connectivity index (χ1v) is 44.1. The van der Waals surface area contributed by atoms with Crippen molar-refractivity contribution in [3.63, 3.8) is 0 Å². The Bertz CT molecular complexity index is 2600. The summed E-state index contributed by atoms with van der Waals surface area (Å²) in [5.74, 6) is 0. The maximum atomic E-state index is 11.9. The van der Waals surface area contributed by atoms with Crippen LogP contribution in [0.5, 0.6) is 0 Å². The highest BCUT2D eigenvalue weighted by Crippen LogP contribution is 2.47. The van der Waals surface area contributed by atoms with E-state index in [0.29, 0.717) is 6.42 Å². The number of phosphoric acid groups is 12. The van der Waals surface area contributed by atoms with E-state index in [4.69, 9.17) is 29.6 Å². The van der Waals surface area contributed by atoms with Gasteiger partial charge in [-0.05, 0) is 52.9 Å². The SMILES string of the molecule is C.C.CCC(CO)OP(=O)([O-])O.CCOP(=O)([O-])OCC(CC)OP(=O)([O-])O.CCOP(=O)([O-])OCC(CC)OP(=O)([O-])O.CCOP(=O)([O-])OCC(CC)OP(=O)([O-])OCCOP(=O)([O-])OCCOP(=O)([O-])OCCOP(=O)([O-])OCCOP(=O)([O-])OCC(CC)OP(=O)(O)O. The molecule has 0 aromatic heterocycles. The molecule has 61 heteroatoms. The van der Waals surface area contributed by atoms with E-state index in [-0.39, 0.29) is 60.4 Å². The number of aliphatic hydroxyl groups is 1. The molecule has 0 aliphatic rings. The van der Waals surface area contributed by atoms with Gasteiger partial charge in [-0.1, -0.05) is 49.5 Å². The van der Waals surface area contributed by atoms with Crippen molar-refractivity contribution in [2.45, 2.75) is 133 Å². The molecular weight excluding hydrogens is 1590 g/mol. The topological polar surface area (TPSA) is 764 Å². The molecule has 0 bridgehead atoms. The van der Waals surface area contributed by atoms with Gasteiger partial charge in [-0.2, -0.15) is 0 Å². The highest BCUT2D eigenvalue weighted by Gasteiger charge is 2.25. The van der Waals surface area contributed by atoms with Gasteiger partial charge in [0.05, 0.1) is 136 Å². The van der Waals surface area contributed by atoms with Gasteiger partial charge in [0.25, 0.3) is 86.0 Å². The fourth-order valence-electron chi connectivity index (χ4n) is 4.73. The maximum Gasteiger partial charge on any atom is 0.469 e. The van der Waals surface area contributed by atoms with Gasteiger partial charge in [-0.25, -0.2) is 4.57 Å². The standard InChI is InChI=1S/C18H45O28P7.2C6H16O8P2.C4H11O5P.2CH4/c1-4-17(45-47(19,20)21)15-44-52(30,31)41-12-11-39-50(26,27)37-8-7-35-49(24,25)36-9-10-38-51(28,29)40-13-14-42-53(32,33)46-18(5-2)16-43-48(22,23)34-6-3;2*1-3-6(14-15(7,8)9)5-13-16(10,11)12-4-2;1-2-4(3-5)9-10(6,7)8;;/h17-18H,4-16H2,1-3H3,(H,22,23)(H,24,25)(H,26,27)(H,28,29)(H,30,31)(H,32,33)(H2,19,20,21);2*6H,3-5H2,1-2H3,(H,10,11)(H2,7,8,9);4-5H,2-3H2,1H3,(H2,6,7,8);2*1H4/p-11. The van der Waals surface area contributed by atoms with Crippen LogP contribution in [0.25, 0.3) is 0 Å². The summed E-state index contributed by atoms with van der Waals surface area (Å²) in [5, 5.41) is 8.39. The molecule has 0 heterocycles. The van der Waals surface area contributed by atoms with Crippen LogP contribution in [0.4, 0.5) is 0 Å². The molecular formula is C36H85O49P12-11. The van der Waals surface area contributed by atoms with Crippen molar-refractivity contribution in [2.75, 3.05) is 106 Å². The normalized spacial score (nSPS) is 20.3. The molecule has 0 fully saturated rings. The number of phosphoric ester groups is 12. The Morgan fingerprint density at radius 3 is 0.608 bits per heavy atom. The Morgan fingerprint density at radius 1 is 0.258 bits per heavy atom. The van der Waals surface area contributed by atoms with Crippen LogP contribution >= 0.6 is 93.9 Å². The molecule has 0 radical (unpaired) electrons. The largest absolute Gasteiger partial charge is 0.756 e. The van der Waals surface area contributed by atoms with Crippen molar-refractivity contribution in [1.29, 1.82) is 0 Å². The van der Waals surface area contributed by atoms with Crippen LogP contribution < -0.4 is 53.8 Å². The zero-order valence-electron chi connectivity index (χ0n) is 51.3. The molecule has 6 N–H and O–H groups in total. The Labute approximate surface area is 559 Å². The summed E-state index contributed by atoms with van der Waals surface area (Å²) in [5.41, 5.74) is 0. The summed E-state index contributed by atoms with van der Waals surface area (Å²) >= 11 is 0.